The number of carbonyl (C=O) groups excluding carboxylic acids is 2. The van der Waals surface area contributed by atoms with Gasteiger partial charge < -0.3 is 15.0 Å². The Hall–Kier alpha value is -4.34. The molecule has 45 heavy (non-hydrogen) atoms. The highest BCUT2D eigenvalue weighted by Crippen LogP contribution is 2.26. The Bertz CT molecular complexity index is 1690. The molecule has 0 aliphatic carbocycles. The molecule has 0 fully saturated rings. The van der Waals surface area contributed by atoms with E-state index in [-0.39, 0.29) is 23.8 Å². The number of nitrogens with one attached hydrogen (secondary N) is 1. The lowest BCUT2D eigenvalue weighted by Gasteiger charge is -2.35. The van der Waals surface area contributed by atoms with E-state index < -0.39 is 34.1 Å². The first-order chi connectivity index (χ1) is 21.4. The van der Waals surface area contributed by atoms with Crippen LogP contribution >= 0.6 is 11.6 Å². The van der Waals surface area contributed by atoms with Gasteiger partial charge in [-0.05, 0) is 80.4 Å². The molecule has 0 saturated heterocycles. The minimum absolute atomic E-state index is 0.00680. The van der Waals surface area contributed by atoms with E-state index in [0.29, 0.717) is 22.0 Å². The molecule has 0 bridgehead atoms. The van der Waals surface area contributed by atoms with Gasteiger partial charge in [-0.3, -0.25) is 13.9 Å². The Morgan fingerprint density at radius 3 is 2.02 bits per heavy atom. The first kappa shape index (κ1) is 33.6. The van der Waals surface area contributed by atoms with Crippen LogP contribution in [-0.2, 0) is 32.6 Å². The van der Waals surface area contributed by atoms with Crippen molar-refractivity contribution < 1.29 is 22.7 Å². The summed E-state index contributed by atoms with van der Waals surface area (Å²) < 4.78 is 34.5. The number of hydrogen-bond acceptors (Lipinski definition) is 5. The standard InChI is InChI=1S/C35H38ClN3O5S/c1-35(2,3)37-34(41)32(23-26-12-7-5-8-13-26)38(24-27-14-11-15-28(36)22-27)33(40)25-39(29-16-9-6-10-17-29)45(42,43)31-20-18-30(44-4)19-21-31/h5-22,32H,23-25H2,1-4H3,(H,37,41). The van der Waals surface area contributed by atoms with Gasteiger partial charge in [0.2, 0.25) is 11.8 Å². The molecule has 236 valence electrons. The molecule has 0 aliphatic heterocycles. The molecule has 0 aliphatic rings. The third-order valence-corrected chi connectivity index (χ3v) is 9.00. The topological polar surface area (TPSA) is 96.0 Å². The number of para-hydroxylation sites is 1. The molecule has 10 heteroatoms. The summed E-state index contributed by atoms with van der Waals surface area (Å²) in [6.45, 7) is 5.08. The molecule has 8 nitrogen and oxygen atoms in total. The van der Waals surface area contributed by atoms with Crippen molar-refractivity contribution in [2.75, 3.05) is 18.0 Å². The summed E-state index contributed by atoms with van der Waals surface area (Å²) in [6, 6.07) is 29.9. The number of sulfonamides is 1. The van der Waals surface area contributed by atoms with Gasteiger partial charge in [0.1, 0.15) is 18.3 Å². The number of anilines is 1. The number of rotatable bonds is 12. The van der Waals surface area contributed by atoms with Crippen LogP contribution in [0.25, 0.3) is 0 Å². The maximum Gasteiger partial charge on any atom is 0.264 e. The number of nitrogens with zero attached hydrogens (tertiary/aromatic N) is 2. The monoisotopic (exact) mass is 647 g/mol. The van der Waals surface area contributed by atoms with E-state index in [0.717, 1.165) is 9.87 Å². The molecule has 0 heterocycles. The number of amides is 2. The van der Waals surface area contributed by atoms with Crippen LogP contribution in [0.5, 0.6) is 5.75 Å². The average Bonchev–Trinajstić information content (AvgIpc) is 3.01. The quantitative estimate of drug-likeness (QED) is 0.201. The predicted molar refractivity (Wildman–Crippen MR) is 178 cm³/mol. The molecule has 4 aromatic carbocycles. The van der Waals surface area contributed by atoms with Gasteiger partial charge >= 0.3 is 0 Å². The fourth-order valence-electron chi connectivity index (χ4n) is 4.84. The van der Waals surface area contributed by atoms with Gasteiger partial charge in [0.15, 0.2) is 0 Å². The average molecular weight is 648 g/mol. The fourth-order valence-corrected chi connectivity index (χ4v) is 6.46. The summed E-state index contributed by atoms with van der Waals surface area (Å²) in [4.78, 5) is 29.8. The van der Waals surface area contributed by atoms with Crippen molar-refractivity contribution in [3.05, 3.63) is 125 Å². The second-order valence-electron chi connectivity index (χ2n) is 11.6. The number of hydrogen-bond donors (Lipinski definition) is 1. The van der Waals surface area contributed by atoms with Crippen LogP contribution < -0.4 is 14.4 Å². The van der Waals surface area contributed by atoms with Crippen LogP contribution in [0.3, 0.4) is 0 Å². The van der Waals surface area contributed by atoms with Crippen LogP contribution in [0.4, 0.5) is 5.69 Å². The summed E-state index contributed by atoms with van der Waals surface area (Å²) in [5.41, 5.74) is 1.27. The second-order valence-corrected chi connectivity index (χ2v) is 13.9. The van der Waals surface area contributed by atoms with E-state index in [1.807, 2.05) is 57.2 Å². The minimum atomic E-state index is -4.21. The number of ether oxygens (including phenoxy) is 1. The third-order valence-electron chi connectivity index (χ3n) is 6.98. The smallest absolute Gasteiger partial charge is 0.264 e. The lowest BCUT2D eigenvalue weighted by molar-refractivity contribution is -0.140. The van der Waals surface area contributed by atoms with Crippen molar-refractivity contribution in [1.82, 2.24) is 10.2 Å². The Kier molecular flexibility index (Phi) is 10.9. The molecule has 2 amide bonds. The SMILES string of the molecule is COc1ccc(S(=O)(=O)N(CC(=O)N(Cc2cccc(Cl)c2)C(Cc2ccccc2)C(=O)NC(C)(C)C)c2ccccc2)cc1. The Morgan fingerprint density at radius 2 is 1.44 bits per heavy atom. The molecular weight excluding hydrogens is 610 g/mol. The van der Waals surface area contributed by atoms with Gasteiger partial charge in [-0.2, -0.15) is 0 Å². The van der Waals surface area contributed by atoms with Gasteiger partial charge in [0.25, 0.3) is 10.0 Å². The number of methoxy groups -OCH3 is 1. The second kappa shape index (κ2) is 14.6. The zero-order valence-corrected chi connectivity index (χ0v) is 27.4. The van der Waals surface area contributed by atoms with E-state index in [1.165, 1.54) is 24.1 Å². The molecule has 1 atom stereocenters. The van der Waals surface area contributed by atoms with Crippen molar-refractivity contribution in [1.29, 1.82) is 0 Å². The van der Waals surface area contributed by atoms with Gasteiger partial charge in [0, 0.05) is 23.5 Å². The summed E-state index contributed by atoms with van der Waals surface area (Å²) in [6.07, 6.45) is 0.214. The normalized spacial score (nSPS) is 12.2. The number of benzene rings is 4. The zero-order valence-electron chi connectivity index (χ0n) is 25.8. The highest BCUT2D eigenvalue weighted by Gasteiger charge is 2.35. The molecule has 1 N–H and O–H groups in total. The van der Waals surface area contributed by atoms with Crippen molar-refractivity contribution >= 4 is 39.1 Å². The lowest BCUT2D eigenvalue weighted by atomic mass is 10.0. The van der Waals surface area contributed by atoms with E-state index >= 15 is 0 Å². The van der Waals surface area contributed by atoms with E-state index in [1.54, 1.807) is 60.7 Å². The maximum atomic E-state index is 14.5. The van der Waals surface area contributed by atoms with E-state index in [4.69, 9.17) is 16.3 Å². The first-order valence-corrected chi connectivity index (χ1v) is 16.3. The Balaban J connectivity index is 1.80. The highest BCUT2D eigenvalue weighted by atomic mass is 35.5. The van der Waals surface area contributed by atoms with Gasteiger partial charge in [-0.1, -0.05) is 72.3 Å². The van der Waals surface area contributed by atoms with Crippen molar-refractivity contribution in [3.63, 3.8) is 0 Å². The molecule has 1 unspecified atom stereocenters. The molecule has 4 rings (SSSR count). The number of carbonyl (C=O) groups is 2. The molecule has 0 aromatic heterocycles. The predicted octanol–water partition coefficient (Wildman–Crippen LogP) is 6.10. The van der Waals surface area contributed by atoms with Crippen LogP contribution in [0.15, 0.2) is 114 Å². The first-order valence-electron chi connectivity index (χ1n) is 14.5. The molecule has 4 aromatic rings. The van der Waals surface area contributed by atoms with Crippen LogP contribution in [-0.4, -0.2) is 50.4 Å². The lowest BCUT2D eigenvalue weighted by Crippen LogP contribution is -2.56. The van der Waals surface area contributed by atoms with Crippen molar-refractivity contribution in [3.8, 4) is 5.75 Å². The van der Waals surface area contributed by atoms with Gasteiger partial charge in [0.05, 0.1) is 17.7 Å². The highest BCUT2D eigenvalue weighted by molar-refractivity contribution is 7.92. The molecule has 0 saturated carbocycles. The summed E-state index contributed by atoms with van der Waals surface area (Å²) >= 11 is 6.30. The van der Waals surface area contributed by atoms with Gasteiger partial charge in [-0.25, -0.2) is 8.42 Å². The van der Waals surface area contributed by atoms with Crippen molar-refractivity contribution in [2.24, 2.45) is 0 Å². The molecule has 0 spiro atoms. The van der Waals surface area contributed by atoms with Crippen LogP contribution in [0.2, 0.25) is 5.02 Å². The summed E-state index contributed by atoms with van der Waals surface area (Å²) in [5, 5.41) is 3.50. The Labute approximate surface area is 270 Å². The third kappa shape index (κ3) is 9.09. The van der Waals surface area contributed by atoms with Crippen LogP contribution in [0, 0.1) is 0 Å². The fraction of sp³-hybridized carbons (Fsp3) is 0.257. The van der Waals surface area contributed by atoms with E-state index in [2.05, 4.69) is 5.32 Å². The minimum Gasteiger partial charge on any atom is -0.497 e. The van der Waals surface area contributed by atoms with Gasteiger partial charge in [-0.15, -0.1) is 0 Å². The summed E-state index contributed by atoms with van der Waals surface area (Å²) in [5.74, 6) is -0.412. The van der Waals surface area contributed by atoms with E-state index in [9.17, 15) is 18.0 Å². The maximum absolute atomic E-state index is 14.5. The van der Waals surface area contributed by atoms with Crippen LogP contribution in [0.1, 0.15) is 31.9 Å². The molecular formula is C35H38ClN3O5S. The number of halogens is 1. The zero-order chi connectivity index (χ0) is 32.6. The largest absolute Gasteiger partial charge is 0.497 e. The Morgan fingerprint density at radius 1 is 0.844 bits per heavy atom. The van der Waals surface area contributed by atoms with Crippen molar-refractivity contribution in [2.45, 2.75) is 50.2 Å². The summed E-state index contributed by atoms with van der Waals surface area (Å²) in [7, 11) is -2.72. The molecule has 0 radical (unpaired) electrons.